The van der Waals surface area contributed by atoms with E-state index >= 15 is 0 Å². The molecule has 0 aliphatic carbocycles. The lowest BCUT2D eigenvalue weighted by atomic mass is 10.1. The molecule has 2 rings (SSSR count). The van der Waals surface area contributed by atoms with Crippen LogP contribution in [0.2, 0.25) is 5.02 Å². The lowest BCUT2D eigenvalue weighted by Gasteiger charge is -2.17. The van der Waals surface area contributed by atoms with Crippen LogP contribution in [0, 0.1) is 0 Å². The summed E-state index contributed by atoms with van der Waals surface area (Å²) in [5.41, 5.74) is 1.85. The molecule has 3 N–H and O–H groups in total. The third-order valence-corrected chi connectivity index (χ3v) is 3.77. The molecule has 0 spiro atoms. The van der Waals surface area contributed by atoms with Crippen LogP contribution >= 0.6 is 11.6 Å². The van der Waals surface area contributed by atoms with Crippen LogP contribution in [0.4, 0.5) is 5.69 Å². The molecule has 2 aromatic carbocycles. The van der Waals surface area contributed by atoms with E-state index in [9.17, 15) is 4.79 Å². The van der Waals surface area contributed by atoms with Crippen molar-refractivity contribution in [2.45, 2.75) is 25.9 Å². The number of nitrogens with two attached hydrogens (primary N) is 1. The molecule has 110 valence electrons. The van der Waals surface area contributed by atoms with Gasteiger partial charge in [0.25, 0.3) is 5.91 Å². The van der Waals surface area contributed by atoms with E-state index in [1.807, 2.05) is 73.8 Å². The van der Waals surface area contributed by atoms with Gasteiger partial charge >= 0.3 is 0 Å². The van der Waals surface area contributed by atoms with Crippen LogP contribution in [0.15, 0.2) is 54.6 Å². The molecule has 0 heterocycles. The Morgan fingerprint density at radius 1 is 1.05 bits per heavy atom. The van der Waals surface area contributed by atoms with Gasteiger partial charge in [-0.1, -0.05) is 48.0 Å². The number of rotatable bonds is 5. The molecule has 0 saturated carbocycles. The largest absolute Gasteiger partial charge is 0.330 e. The highest BCUT2D eigenvalue weighted by atomic mass is 35.5. The number of quaternary nitrogens is 1. The van der Waals surface area contributed by atoms with Gasteiger partial charge in [-0.25, -0.2) is 0 Å². The Bertz CT molecular complexity index is 601. The summed E-state index contributed by atoms with van der Waals surface area (Å²) in [5, 5.41) is 5.66. The number of carbonyl (C=O) groups excluding carboxylic acids is 1. The fourth-order valence-electron chi connectivity index (χ4n) is 2.25. The van der Waals surface area contributed by atoms with Crippen molar-refractivity contribution in [1.82, 2.24) is 0 Å². The van der Waals surface area contributed by atoms with E-state index in [0.717, 1.165) is 16.3 Å². The van der Waals surface area contributed by atoms with E-state index in [1.54, 1.807) is 0 Å². The highest BCUT2D eigenvalue weighted by molar-refractivity contribution is 6.31. The first kappa shape index (κ1) is 15.5. The zero-order chi connectivity index (χ0) is 15.2. The van der Waals surface area contributed by atoms with Gasteiger partial charge in [0.2, 0.25) is 0 Å². The Morgan fingerprint density at radius 2 is 1.67 bits per heavy atom. The van der Waals surface area contributed by atoms with Crippen molar-refractivity contribution in [3.05, 3.63) is 65.2 Å². The number of benzene rings is 2. The van der Waals surface area contributed by atoms with E-state index in [-0.39, 0.29) is 18.0 Å². The molecule has 0 aromatic heterocycles. The van der Waals surface area contributed by atoms with Crippen molar-refractivity contribution >= 4 is 23.2 Å². The second-order valence-electron chi connectivity index (χ2n) is 5.15. The summed E-state index contributed by atoms with van der Waals surface area (Å²) in [6.45, 7) is 3.94. The third-order valence-electron chi connectivity index (χ3n) is 3.43. The second kappa shape index (κ2) is 7.25. The van der Waals surface area contributed by atoms with Gasteiger partial charge in [-0.3, -0.25) is 4.79 Å². The summed E-state index contributed by atoms with van der Waals surface area (Å²) in [6.07, 6.45) is 0. The topological polar surface area (TPSA) is 45.7 Å². The summed E-state index contributed by atoms with van der Waals surface area (Å²) >= 11 is 6.19. The van der Waals surface area contributed by atoms with E-state index < -0.39 is 0 Å². The smallest absolute Gasteiger partial charge is 0.282 e. The van der Waals surface area contributed by atoms with Gasteiger partial charge in [-0.05, 0) is 32.0 Å². The van der Waals surface area contributed by atoms with Crippen molar-refractivity contribution in [2.24, 2.45) is 0 Å². The quantitative estimate of drug-likeness (QED) is 0.876. The average Bonchev–Trinajstić information content (AvgIpc) is 2.48. The van der Waals surface area contributed by atoms with Crippen molar-refractivity contribution in [1.29, 1.82) is 0 Å². The molecular formula is C17H20ClN2O+. The molecule has 0 fully saturated rings. The lowest BCUT2D eigenvalue weighted by molar-refractivity contribution is -0.709. The van der Waals surface area contributed by atoms with Crippen LogP contribution in [0.5, 0.6) is 0 Å². The number of nitrogens with one attached hydrogen (secondary N) is 1. The molecule has 0 aliphatic heterocycles. The van der Waals surface area contributed by atoms with Gasteiger partial charge < -0.3 is 10.6 Å². The number of halogens is 1. The molecule has 3 nitrogen and oxygen atoms in total. The van der Waals surface area contributed by atoms with Gasteiger partial charge in [0.15, 0.2) is 6.04 Å². The number of carbonyl (C=O) groups is 1. The van der Waals surface area contributed by atoms with Gasteiger partial charge in [0, 0.05) is 16.3 Å². The second-order valence-corrected chi connectivity index (χ2v) is 5.55. The Labute approximate surface area is 130 Å². The van der Waals surface area contributed by atoms with Gasteiger partial charge in [0.05, 0.1) is 0 Å². The number of anilines is 1. The molecule has 0 radical (unpaired) electrons. The minimum absolute atomic E-state index is 0.0138. The Hall–Kier alpha value is -1.84. The fraction of sp³-hybridized carbons (Fsp3) is 0.235. The maximum absolute atomic E-state index is 12.2. The number of hydrogen-bond acceptors (Lipinski definition) is 1. The van der Waals surface area contributed by atoms with Crippen LogP contribution in [0.1, 0.15) is 25.5 Å². The highest BCUT2D eigenvalue weighted by Gasteiger charge is 2.21. The predicted molar refractivity (Wildman–Crippen MR) is 86.3 cm³/mol. The van der Waals surface area contributed by atoms with Gasteiger partial charge in [-0.2, -0.15) is 0 Å². The maximum Gasteiger partial charge on any atom is 0.282 e. The van der Waals surface area contributed by atoms with Crippen LogP contribution in [0.3, 0.4) is 0 Å². The predicted octanol–water partition coefficient (Wildman–Crippen LogP) is 2.99. The molecule has 2 aromatic rings. The molecule has 1 amide bonds. The summed E-state index contributed by atoms with van der Waals surface area (Å²) in [4.78, 5) is 12.2. The molecule has 0 saturated heterocycles. The van der Waals surface area contributed by atoms with Crippen molar-refractivity contribution < 1.29 is 10.1 Å². The van der Waals surface area contributed by atoms with Crippen LogP contribution < -0.4 is 10.6 Å². The van der Waals surface area contributed by atoms with Crippen molar-refractivity contribution in [2.75, 3.05) is 5.32 Å². The SMILES string of the molecule is C[C@H]([NH2+][C@H](C)c1ccccc1Cl)C(=O)Nc1ccccc1. The van der Waals surface area contributed by atoms with Gasteiger partial charge in [-0.15, -0.1) is 0 Å². The maximum atomic E-state index is 12.2. The number of hydrogen-bond donors (Lipinski definition) is 2. The zero-order valence-electron chi connectivity index (χ0n) is 12.2. The Kier molecular flexibility index (Phi) is 5.37. The lowest BCUT2D eigenvalue weighted by Crippen LogP contribution is -2.91. The van der Waals surface area contributed by atoms with E-state index in [4.69, 9.17) is 11.6 Å². The normalized spacial score (nSPS) is 13.5. The Balaban J connectivity index is 1.96. The first-order valence-electron chi connectivity index (χ1n) is 7.03. The van der Waals surface area contributed by atoms with Crippen LogP contribution in [0.25, 0.3) is 0 Å². The molecular weight excluding hydrogens is 284 g/mol. The highest BCUT2D eigenvalue weighted by Crippen LogP contribution is 2.19. The first-order chi connectivity index (χ1) is 10.1. The molecule has 21 heavy (non-hydrogen) atoms. The molecule has 0 unspecified atom stereocenters. The summed E-state index contributed by atoms with van der Waals surface area (Å²) < 4.78 is 0. The van der Waals surface area contributed by atoms with E-state index in [0.29, 0.717) is 0 Å². The standard InChI is InChI=1S/C17H19ClN2O/c1-12(15-10-6-7-11-16(15)18)19-13(2)17(21)20-14-8-4-3-5-9-14/h3-13,19H,1-2H3,(H,20,21)/p+1/t12-,13+/m1/s1. The summed E-state index contributed by atoms with van der Waals surface area (Å²) in [6, 6.07) is 17.1. The Morgan fingerprint density at radius 3 is 2.33 bits per heavy atom. The monoisotopic (exact) mass is 303 g/mol. The number of para-hydroxylation sites is 1. The van der Waals surface area contributed by atoms with Crippen LogP contribution in [-0.4, -0.2) is 11.9 Å². The molecule has 2 atom stereocenters. The van der Waals surface area contributed by atoms with Crippen LogP contribution in [-0.2, 0) is 4.79 Å². The summed E-state index contributed by atoms with van der Waals surface area (Å²) in [5.74, 6) is -0.0138. The van der Waals surface area contributed by atoms with Crippen molar-refractivity contribution in [3.63, 3.8) is 0 Å². The summed E-state index contributed by atoms with van der Waals surface area (Å²) in [7, 11) is 0. The first-order valence-corrected chi connectivity index (χ1v) is 7.41. The molecule has 0 bridgehead atoms. The molecule has 4 heteroatoms. The fourth-order valence-corrected chi connectivity index (χ4v) is 2.55. The van der Waals surface area contributed by atoms with E-state index in [1.165, 1.54) is 0 Å². The molecule has 0 aliphatic rings. The average molecular weight is 304 g/mol. The van der Waals surface area contributed by atoms with Gasteiger partial charge in [0.1, 0.15) is 6.04 Å². The van der Waals surface area contributed by atoms with Crippen molar-refractivity contribution in [3.8, 4) is 0 Å². The number of amides is 1. The zero-order valence-corrected chi connectivity index (χ0v) is 13.0. The minimum atomic E-state index is -0.198. The minimum Gasteiger partial charge on any atom is -0.330 e. The third kappa shape index (κ3) is 4.31. The van der Waals surface area contributed by atoms with E-state index in [2.05, 4.69) is 5.32 Å².